The van der Waals surface area contributed by atoms with E-state index in [1.165, 1.54) is 0 Å². The maximum atomic E-state index is 10.2. The molecule has 20 heavy (non-hydrogen) atoms. The first-order valence-corrected chi connectivity index (χ1v) is 6.84. The monoisotopic (exact) mass is 283 g/mol. The summed E-state index contributed by atoms with van der Waals surface area (Å²) >= 11 is 0. The van der Waals surface area contributed by atoms with Crippen LogP contribution in [0.25, 0.3) is 0 Å². The molecule has 0 spiro atoms. The van der Waals surface area contributed by atoms with Crippen LogP contribution in [0, 0.1) is 5.92 Å². The third kappa shape index (κ3) is 5.00. The SMILES string of the molecule is COc1ccc(OC)c(C(O)CNCC(C)CCO)c1. The normalized spacial score (nSPS) is 13.8. The van der Waals surface area contributed by atoms with Crippen LogP contribution in [-0.2, 0) is 0 Å². The summed E-state index contributed by atoms with van der Waals surface area (Å²) in [6.45, 7) is 3.43. The Bertz CT molecular complexity index is 397. The Labute approximate surface area is 120 Å². The van der Waals surface area contributed by atoms with E-state index in [1.54, 1.807) is 32.4 Å². The Hall–Kier alpha value is -1.30. The van der Waals surface area contributed by atoms with E-state index < -0.39 is 6.10 Å². The number of aliphatic hydroxyl groups excluding tert-OH is 2. The number of benzene rings is 1. The Kier molecular flexibility index (Phi) is 7.36. The summed E-state index contributed by atoms with van der Waals surface area (Å²) in [5.41, 5.74) is 0.703. The quantitative estimate of drug-likeness (QED) is 0.638. The van der Waals surface area contributed by atoms with Crippen molar-refractivity contribution in [3.63, 3.8) is 0 Å². The molecule has 0 aliphatic heterocycles. The number of nitrogens with one attached hydrogen (secondary N) is 1. The molecule has 1 rings (SSSR count). The Morgan fingerprint density at radius 1 is 1.20 bits per heavy atom. The first-order valence-electron chi connectivity index (χ1n) is 6.84. The number of hydrogen-bond acceptors (Lipinski definition) is 5. The fourth-order valence-electron chi connectivity index (χ4n) is 2.00. The third-order valence-electron chi connectivity index (χ3n) is 3.25. The van der Waals surface area contributed by atoms with Gasteiger partial charge in [0.2, 0.25) is 0 Å². The minimum absolute atomic E-state index is 0.190. The number of hydrogen-bond donors (Lipinski definition) is 3. The highest BCUT2D eigenvalue weighted by Gasteiger charge is 2.14. The van der Waals surface area contributed by atoms with Gasteiger partial charge in [-0.3, -0.25) is 0 Å². The van der Waals surface area contributed by atoms with E-state index in [9.17, 15) is 5.11 Å². The first kappa shape index (κ1) is 16.8. The van der Waals surface area contributed by atoms with Gasteiger partial charge in [-0.25, -0.2) is 0 Å². The number of ether oxygens (including phenoxy) is 2. The average Bonchev–Trinajstić information content (AvgIpc) is 2.46. The molecule has 3 N–H and O–H groups in total. The average molecular weight is 283 g/mol. The molecule has 0 saturated carbocycles. The highest BCUT2D eigenvalue weighted by molar-refractivity contribution is 5.41. The Morgan fingerprint density at radius 2 is 1.95 bits per heavy atom. The van der Waals surface area contributed by atoms with Crippen LogP contribution < -0.4 is 14.8 Å². The number of methoxy groups -OCH3 is 2. The van der Waals surface area contributed by atoms with Crippen LogP contribution in [0.5, 0.6) is 11.5 Å². The standard InChI is InChI=1S/C15H25NO4/c1-11(6-7-17)9-16-10-14(18)13-8-12(19-2)4-5-15(13)20-3/h4-5,8,11,14,16-18H,6-7,9-10H2,1-3H3. The summed E-state index contributed by atoms with van der Waals surface area (Å²) < 4.78 is 10.4. The highest BCUT2D eigenvalue weighted by atomic mass is 16.5. The highest BCUT2D eigenvalue weighted by Crippen LogP contribution is 2.29. The van der Waals surface area contributed by atoms with Crippen LogP contribution in [0.15, 0.2) is 18.2 Å². The van der Waals surface area contributed by atoms with Crippen LogP contribution >= 0.6 is 0 Å². The summed E-state index contributed by atoms with van der Waals surface area (Å²) in [5, 5.41) is 22.3. The lowest BCUT2D eigenvalue weighted by Gasteiger charge is -2.18. The third-order valence-corrected chi connectivity index (χ3v) is 3.25. The molecule has 0 aliphatic carbocycles. The fraction of sp³-hybridized carbons (Fsp3) is 0.600. The van der Waals surface area contributed by atoms with Gasteiger partial charge in [-0.1, -0.05) is 6.92 Å². The molecule has 0 fully saturated rings. The van der Waals surface area contributed by atoms with Gasteiger partial charge in [-0.15, -0.1) is 0 Å². The number of aliphatic hydroxyl groups is 2. The molecule has 0 radical (unpaired) electrons. The molecule has 5 nitrogen and oxygen atoms in total. The van der Waals surface area contributed by atoms with Gasteiger partial charge in [0.05, 0.1) is 20.3 Å². The minimum Gasteiger partial charge on any atom is -0.497 e. The molecule has 2 atom stereocenters. The van der Waals surface area contributed by atoms with E-state index in [-0.39, 0.29) is 6.61 Å². The molecule has 0 aliphatic rings. The maximum Gasteiger partial charge on any atom is 0.124 e. The summed E-state index contributed by atoms with van der Waals surface area (Å²) in [7, 11) is 3.17. The fourth-order valence-corrected chi connectivity index (χ4v) is 2.00. The second-order valence-electron chi connectivity index (χ2n) is 4.90. The van der Waals surface area contributed by atoms with Crippen molar-refractivity contribution in [3.8, 4) is 11.5 Å². The molecule has 5 heteroatoms. The van der Waals surface area contributed by atoms with Gasteiger partial charge in [0.15, 0.2) is 0 Å². The molecule has 0 amide bonds. The van der Waals surface area contributed by atoms with E-state index >= 15 is 0 Å². The molecule has 114 valence electrons. The van der Waals surface area contributed by atoms with Crippen molar-refractivity contribution in [2.45, 2.75) is 19.4 Å². The predicted molar refractivity (Wildman–Crippen MR) is 78.2 cm³/mol. The molecule has 0 saturated heterocycles. The lowest BCUT2D eigenvalue weighted by atomic mass is 10.1. The molecular weight excluding hydrogens is 258 g/mol. The van der Waals surface area contributed by atoms with Crippen LogP contribution in [0.2, 0.25) is 0 Å². The largest absolute Gasteiger partial charge is 0.497 e. The molecule has 1 aromatic carbocycles. The summed E-state index contributed by atoms with van der Waals surface area (Å²) in [6, 6.07) is 5.36. The van der Waals surface area contributed by atoms with Crippen molar-refractivity contribution in [2.75, 3.05) is 33.9 Å². The van der Waals surface area contributed by atoms with Crippen LogP contribution in [-0.4, -0.2) is 44.1 Å². The second-order valence-corrected chi connectivity index (χ2v) is 4.90. The summed E-state index contributed by atoms with van der Waals surface area (Å²) in [5.74, 6) is 1.71. The zero-order valence-electron chi connectivity index (χ0n) is 12.4. The summed E-state index contributed by atoms with van der Waals surface area (Å²) in [4.78, 5) is 0. The van der Waals surface area contributed by atoms with Gasteiger partial charge in [-0.2, -0.15) is 0 Å². The van der Waals surface area contributed by atoms with Gasteiger partial charge in [0, 0.05) is 18.7 Å². The van der Waals surface area contributed by atoms with Crippen LogP contribution in [0.4, 0.5) is 0 Å². The van der Waals surface area contributed by atoms with E-state index in [2.05, 4.69) is 12.2 Å². The zero-order valence-corrected chi connectivity index (χ0v) is 12.4. The first-order chi connectivity index (χ1) is 9.62. The van der Waals surface area contributed by atoms with E-state index in [4.69, 9.17) is 14.6 Å². The van der Waals surface area contributed by atoms with Crippen LogP contribution in [0.1, 0.15) is 25.0 Å². The summed E-state index contributed by atoms with van der Waals surface area (Å²) in [6.07, 6.45) is 0.0901. The molecular formula is C15H25NO4. The van der Waals surface area contributed by atoms with Crippen molar-refractivity contribution >= 4 is 0 Å². The predicted octanol–water partition coefficient (Wildman–Crippen LogP) is 1.35. The van der Waals surface area contributed by atoms with Gasteiger partial charge in [0.1, 0.15) is 11.5 Å². The molecule has 0 bridgehead atoms. The lowest BCUT2D eigenvalue weighted by molar-refractivity contribution is 0.167. The van der Waals surface area contributed by atoms with Crippen LogP contribution in [0.3, 0.4) is 0 Å². The van der Waals surface area contributed by atoms with E-state index in [1.807, 2.05) is 0 Å². The van der Waals surface area contributed by atoms with Gasteiger partial charge < -0.3 is 25.0 Å². The molecule has 2 unspecified atom stereocenters. The Morgan fingerprint density at radius 3 is 2.55 bits per heavy atom. The van der Waals surface area contributed by atoms with Crippen molar-refractivity contribution in [2.24, 2.45) is 5.92 Å². The van der Waals surface area contributed by atoms with Crippen molar-refractivity contribution < 1.29 is 19.7 Å². The van der Waals surface area contributed by atoms with E-state index in [0.29, 0.717) is 29.5 Å². The molecule has 1 aromatic rings. The van der Waals surface area contributed by atoms with E-state index in [0.717, 1.165) is 13.0 Å². The topological polar surface area (TPSA) is 71.0 Å². The van der Waals surface area contributed by atoms with Gasteiger partial charge in [0.25, 0.3) is 0 Å². The smallest absolute Gasteiger partial charge is 0.124 e. The second kappa shape index (κ2) is 8.79. The van der Waals surface area contributed by atoms with Crippen molar-refractivity contribution in [1.29, 1.82) is 0 Å². The number of rotatable bonds is 9. The van der Waals surface area contributed by atoms with Crippen molar-refractivity contribution in [1.82, 2.24) is 5.32 Å². The zero-order chi connectivity index (χ0) is 15.0. The van der Waals surface area contributed by atoms with Gasteiger partial charge in [-0.05, 0) is 37.1 Å². The lowest BCUT2D eigenvalue weighted by Crippen LogP contribution is -2.27. The van der Waals surface area contributed by atoms with Gasteiger partial charge >= 0.3 is 0 Å². The minimum atomic E-state index is -0.665. The maximum absolute atomic E-state index is 10.2. The molecule has 0 aromatic heterocycles. The molecule has 0 heterocycles. The Balaban J connectivity index is 2.59. The van der Waals surface area contributed by atoms with Crippen molar-refractivity contribution in [3.05, 3.63) is 23.8 Å².